The van der Waals surface area contributed by atoms with Gasteiger partial charge in [0.1, 0.15) is 5.82 Å². The summed E-state index contributed by atoms with van der Waals surface area (Å²) in [6, 6.07) is 20.2. The Morgan fingerprint density at radius 3 is 2.64 bits per heavy atom. The van der Waals surface area contributed by atoms with E-state index in [1.54, 1.807) is 23.1 Å². The Kier molecular flexibility index (Phi) is 6.58. The zero-order chi connectivity index (χ0) is 19.8. The topological polar surface area (TPSA) is 25.2 Å². The highest BCUT2D eigenvalue weighted by atomic mass is 19.1. The Morgan fingerprint density at radius 2 is 1.89 bits per heavy atom. The van der Waals surface area contributed by atoms with E-state index in [0.29, 0.717) is 19.6 Å². The molecule has 4 heteroatoms. The van der Waals surface area contributed by atoms with Crippen LogP contribution >= 0.6 is 0 Å². The first-order valence-corrected chi connectivity index (χ1v) is 9.17. The number of hydrogen-bond acceptors (Lipinski definition) is 1. The van der Waals surface area contributed by atoms with Crippen LogP contribution in [0.15, 0.2) is 91.7 Å². The van der Waals surface area contributed by atoms with Gasteiger partial charge in [-0.15, -0.1) is 6.58 Å². The van der Waals surface area contributed by atoms with Gasteiger partial charge in [0.05, 0.1) is 6.54 Å². The highest BCUT2D eigenvalue weighted by Gasteiger charge is 2.12. The third kappa shape index (κ3) is 5.30. The van der Waals surface area contributed by atoms with Crippen LogP contribution in [0.1, 0.15) is 16.8 Å². The maximum absolute atomic E-state index is 13.5. The molecule has 0 radical (unpaired) electrons. The lowest BCUT2D eigenvalue weighted by molar-refractivity contribution is -0.126. The van der Waals surface area contributed by atoms with E-state index in [9.17, 15) is 9.18 Å². The molecule has 1 aromatic heterocycles. The Labute approximate surface area is 165 Å². The van der Waals surface area contributed by atoms with Gasteiger partial charge in [-0.2, -0.15) is 0 Å². The van der Waals surface area contributed by atoms with E-state index in [4.69, 9.17) is 0 Å². The molecule has 0 aliphatic rings. The normalized spacial score (nSPS) is 10.9. The number of hydrogen-bond donors (Lipinski definition) is 0. The predicted octanol–water partition coefficient (Wildman–Crippen LogP) is 4.90. The monoisotopic (exact) mass is 374 g/mol. The molecule has 142 valence electrons. The van der Waals surface area contributed by atoms with Crippen molar-refractivity contribution < 1.29 is 9.18 Å². The summed E-state index contributed by atoms with van der Waals surface area (Å²) in [5.74, 6) is -0.331. The van der Waals surface area contributed by atoms with Crippen molar-refractivity contribution in [2.24, 2.45) is 0 Å². The number of carbonyl (C=O) groups excluding carboxylic acids is 1. The summed E-state index contributed by atoms with van der Waals surface area (Å²) >= 11 is 0. The lowest BCUT2D eigenvalue weighted by atomic mass is 10.2. The van der Waals surface area contributed by atoms with Gasteiger partial charge in [-0.3, -0.25) is 4.79 Å². The van der Waals surface area contributed by atoms with E-state index in [0.717, 1.165) is 16.8 Å². The molecule has 0 spiro atoms. The molecule has 1 heterocycles. The van der Waals surface area contributed by atoms with E-state index in [-0.39, 0.29) is 11.7 Å². The van der Waals surface area contributed by atoms with Crippen LogP contribution in [-0.4, -0.2) is 21.9 Å². The van der Waals surface area contributed by atoms with Crippen molar-refractivity contribution in [2.75, 3.05) is 6.54 Å². The largest absolute Gasteiger partial charge is 0.345 e. The zero-order valence-corrected chi connectivity index (χ0v) is 15.7. The maximum Gasteiger partial charge on any atom is 0.247 e. The molecule has 0 aliphatic carbocycles. The van der Waals surface area contributed by atoms with Crippen molar-refractivity contribution in [3.8, 4) is 0 Å². The van der Waals surface area contributed by atoms with E-state index in [1.807, 2.05) is 65.4 Å². The number of aromatic nitrogens is 1. The Bertz CT molecular complexity index is 960. The van der Waals surface area contributed by atoms with Crippen LogP contribution in [0.3, 0.4) is 0 Å². The van der Waals surface area contributed by atoms with Crippen molar-refractivity contribution in [3.05, 3.63) is 114 Å². The average molecular weight is 374 g/mol. The first-order chi connectivity index (χ1) is 13.7. The molecule has 0 atom stereocenters. The van der Waals surface area contributed by atoms with Crippen LogP contribution in [0.25, 0.3) is 6.08 Å². The first kappa shape index (κ1) is 19.4. The fraction of sp³-hybridized carbons (Fsp3) is 0.125. The van der Waals surface area contributed by atoms with Gasteiger partial charge in [-0.25, -0.2) is 4.39 Å². The number of carbonyl (C=O) groups is 1. The molecule has 28 heavy (non-hydrogen) atoms. The summed E-state index contributed by atoms with van der Waals surface area (Å²) in [6.45, 7) is 5.21. The molecule has 0 bridgehead atoms. The van der Waals surface area contributed by atoms with E-state index < -0.39 is 0 Å². The van der Waals surface area contributed by atoms with Crippen molar-refractivity contribution >= 4 is 12.0 Å². The van der Waals surface area contributed by atoms with Gasteiger partial charge >= 0.3 is 0 Å². The molecule has 3 nitrogen and oxygen atoms in total. The minimum absolute atomic E-state index is 0.0812. The van der Waals surface area contributed by atoms with Crippen LogP contribution in [0.4, 0.5) is 4.39 Å². The summed E-state index contributed by atoms with van der Waals surface area (Å²) in [4.78, 5) is 14.4. The minimum Gasteiger partial charge on any atom is -0.345 e. The molecule has 0 N–H and O–H groups in total. The fourth-order valence-corrected chi connectivity index (χ4v) is 3.00. The third-order valence-corrected chi connectivity index (χ3v) is 4.40. The number of nitrogens with zero attached hydrogens (tertiary/aromatic N) is 2. The van der Waals surface area contributed by atoms with Crippen molar-refractivity contribution in [1.29, 1.82) is 0 Å². The SMILES string of the molecule is C=CCN(Cc1cccn1Cc1cccc(F)c1)C(=O)C=Cc1ccccc1. The second-order valence-electron chi connectivity index (χ2n) is 6.51. The molecule has 0 saturated carbocycles. The Balaban J connectivity index is 1.72. The molecular formula is C24H23FN2O. The Morgan fingerprint density at radius 1 is 1.07 bits per heavy atom. The minimum atomic E-state index is -0.249. The van der Waals surface area contributed by atoms with Gasteiger partial charge in [-0.05, 0) is 41.5 Å². The highest BCUT2D eigenvalue weighted by Crippen LogP contribution is 2.13. The van der Waals surface area contributed by atoms with E-state index in [2.05, 4.69) is 6.58 Å². The molecule has 0 unspecified atom stereocenters. The van der Waals surface area contributed by atoms with Crippen LogP contribution in [0.5, 0.6) is 0 Å². The molecule has 0 fully saturated rings. The van der Waals surface area contributed by atoms with Crippen molar-refractivity contribution in [1.82, 2.24) is 9.47 Å². The lowest BCUT2D eigenvalue weighted by Crippen LogP contribution is -2.30. The molecule has 0 aliphatic heterocycles. The maximum atomic E-state index is 13.5. The number of benzene rings is 2. The van der Waals surface area contributed by atoms with Crippen LogP contribution in [0.2, 0.25) is 0 Å². The smallest absolute Gasteiger partial charge is 0.247 e. The van der Waals surface area contributed by atoms with Gasteiger partial charge < -0.3 is 9.47 Å². The van der Waals surface area contributed by atoms with Crippen molar-refractivity contribution in [2.45, 2.75) is 13.1 Å². The van der Waals surface area contributed by atoms with Crippen LogP contribution in [0, 0.1) is 5.82 Å². The molecule has 0 saturated heterocycles. The van der Waals surface area contributed by atoms with Gasteiger partial charge in [0.2, 0.25) is 5.91 Å². The summed E-state index contributed by atoms with van der Waals surface area (Å²) in [6.07, 6.45) is 7.05. The number of rotatable bonds is 8. The second-order valence-corrected chi connectivity index (χ2v) is 6.51. The standard InChI is InChI=1S/C24H23FN2O/c1-2-15-27(24(28)14-13-20-8-4-3-5-9-20)19-23-12-7-16-26(23)18-21-10-6-11-22(25)17-21/h2-14,16-17H,1,15,18-19H2. The number of amides is 1. The summed E-state index contributed by atoms with van der Waals surface area (Å²) in [5, 5.41) is 0. The summed E-state index contributed by atoms with van der Waals surface area (Å²) in [7, 11) is 0. The quantitative estimate of drug-likeness (QED) is 0.406. The van der Waals surface area contributed by atoms with Crippen LogP contribution < -0.4 is 0 Å². The molecule has 3 rings (SSSR count). The molecular weight excluding hydrogens is 351 g/mol. The van der Waals surface area contributed by atoms with Gasteiger partial charge in [0, 0.05) is 31.1 Å². The van der Waals surface area contributed by atoms with Gasteiger partial charge in [0.15, 0.2) is 0 Å². The lowest BCUT2D eigenvalue weighted by Gasteiger charge is -2.21. The predicted molar refractivity (Wildman–Crippen MR) is 111 cm³/mol. The van der Waals surface area contributed by atoms with Gasteiger partial charge in [-0.1, -0.05) is 48.5 Å². The zero-order valence-electron chi connectivity index (χ0n) is 15.7. The van der Waals surface area contributed by atoms with Crippen molar-refractivity contribution in [3.63, 3.8) is 0 Å². The molecule has 2 aromatic carbocycles. The van der Waals surface area contributed by atoms with E-state index in [1.165, 1.54) is 12.1 Å². The summed E-state index contributed by atoms with van der Waals surface area (Å²) < 4.78 is 15.5. The first-order valence-electron chi connectivity index (χ1n) is 9.17. The van der Waals surface area contributed by atoms with Crippen LogP contribution in [-0.2, 0) is 17.9 Å². The number of halogens is 1. The second kappa shape index (κ2) is 9.51. The molecule has 3 aromatic rings. The van der Waals surface area contributed by atoms with Gasteiger partial charge in [0.25, 0.3) is 0 Å². The Hall–Kier alpha value is -3.40. The third-order valence-electron chi connectivity index (χ3n) is 4.40. The molecule has 1 amide bonds. The average Bonchev–Trinajstić information content (AvgIpc) is 3.13. The highest BCUT2D eigenvalue weighted by molar-refractivity contribution is 5.91. The summed E-state index contributed by atoms with van der Waals surface area (Å²) in [5.41, 5.74) is 2.83. The fourth-order valence-electron chi connectivity index (χ4n) is 3.00. The van der Waals surface area contributed by atoms with E-state index >= 15 is 0 Å².